The SMILES string of the molecule is C=CNC(=O)[O-].[Na+]. The average Bonchev–Trinajstić information content (AvgIpc) is 1.35. The van der Waals surface area contributed by atoms with E-state index in [0.717, 1.165) is 6.20 Å². The zero-order valence-electron chi connectivity index (χ0n) is 4.10. The predicted molar refractivity (Wildman–Crippen MR) is 18.7 cm³/mol. The standard InChI is InChI=1S/C3H5NO2.Na/c1-2-4-3(5)6;/h2,4H,1H2,(H,5,6);/q;+1/p-1. The summed E-state index contributed by atoms with van der Waals surface area (Å²) in [5, 5.41) is 11.1. The van der Waals surface area contributed by atoms with E-state index >= 15 is 0 Å². The van der Waals surface area contributed by atoms with Gasteiger partial charge >= 0.3 is 29.6 Å². The van der Waals surface area contributed by atoms with Gasteiger partial charge in [-0.1, -0.05) is 6.58 Å². The Morgan fingerprint density at radius 3 is 2.29 bits per heavy atom. The summed E-state index contributed by atoms with van der Waals surface area (Å²) in [6.07, 6.45) is -0.292. The van der Waals surface area contributed by atoms with Crippen molar-refractivity contribution in [1.29, 1.82) is 0 Å². The quantitative estimate of drug-likeness (QED) is 0.349. The Morgan fingerprint density at radius 1 is 1.86 bits per heavy atom. The molecule has 0 radical (unpaired) electrons. The summed E-state index contributed by atoms with van der Waals surface area (Å²) in [7, 11) is 0. The fourth-order valence-corrected chi connectivity index (χ4v) is 0.0833. The van der Waals surface area contributed by atoms with Crippen molar-refractivity contribution >= 4 is 6.09 Å². The van der Waals surface area contributed by atoms with Gasteiger partial charge in [-0.05, 0) is 6.20 Å². The first-order chi connectivity index (χ1) is 2.77. The molecule has 0 aliphatic heterocycles. The third kappa shape index (κ3) is 10.7. The first-order valence-electron chi connectivity index (χ1n) is 1.36. The minimum Gasteiger partial charge on any atom is -0.530 e. The molecule has 0 unspecified atom stereocenters. The molecule has 4 heteroatoms. The van der Waals surface area contributed by atoms with Crippen LogP contribution < -0.4 is 40.0 Å². The third-order valence-corrected chi connectivity index (χ3v) is 0.220. The second kappa shape index (κ2) is 6.01. The summed E-state index contributed by atoms with van der Waals surface area (Å²) in [6, 6.07) is 0. The van der Waals surface area contributed by atoms with Gasteiger partial charge in [0.1, 0.15) is 6.09 Å². The number of rotatable bonds is 1. The van der Waals surface area contributed by atoms with Crippen LogP contribution in [-0.4, -0.2) is 6.09 Å². The maximum Gasteiger partial charge on any atom is 1.00 e. The second-order valence-electron chi connectivity index (χ2n) is 0.636. The third-order valence-electron chi connectivity index (χ3n) is 0.220. The van der Waals surface area contributed by atoms with Crippen LogP contribution in [0.3, 0.4) is 0 Å². The van der Waals surface area contributed by atoms with Crippen LogP contribution in [0.15, 0.2) is 12.8 Å². The molecule has 3 nitrogen and oxygen atoms in total. The Morgan fingerprint density at radius 2 is 2.29 bits per heavy atom. The van der Waals surface area contributed by atoms with Crippen LogP contribution in [-0.2, 0) is 0 Å². The molecule has 1 N–H and O–H groups in total. The molecule has 0 saturated heterocycles. The Labute approximate surface area is 63.7 Å². The molecule has 0 bridgehead atoms. The number of amides is 1. The molecular formula is C3H4NNaO2. The molecule has 1 amide bonds. The van der Waals surface area contributed by atoms with Gasteiger partial charge in [0.2, 0.25) is 0 Å². The zero-order chi connectivity index (χ0) is 4.99. The van der Waals surface area contributed by atoms with Gasteiger partial charge in [0.05, 0.1) is 0 Å². The minimum atomic E-state index is -1.33. The van der Waals surface area contributed by atoms with Crippen molar-refractivity contribution in [1.82, 2.24) is 5.32 Å². The smallest absolute Gasteiger partial charge is 0.530 e. The summed E-state index contributed by atoms with van der Waals surface area (Å²) in [4.78, 5) is 9.31. The molecule has 0 aromatic heterocycles. The summed E-state index contributed by atoms with van der Waals surface area (Å²) in [5.41, 5.74) is 0. The van der Waals surface area contributed by atoms with Crippen LogP contribution >= 0.6 is 0 Å². The summed E-state index contributed by atoms with van der Waals surface area (Å²) in [5.74, 6) is 0. The summed E-state index contributed by atoms with van der Waals surface area (Å²) < 4.78 is 0. The maximum absolute atomic E-state index is 9.31. The molecule has 0 rings (SSSR count). The minimum absolute atomic E-state index is 0. The topological polar surface area (TPSA) is 52.2 Å². The number of hydrogen-bond acceptors (Lipinski definition) is 2. The number of carboxylic acid groups (broad SMARTS) is 1. The van der Waals surface area contributed by atoms with Crippen molar-refractivity contribution in [2.45, 2.75) is 0 Å². The van der Waals surface area contributed by atoms with Gasteiger partial charge < -0.3 is 15.2 Å². The molecule has 0 aromatic rings. The number of carbonyl (C=O) groups is 1. The van der Waals surface area contributed by atoms with Crippen LogP contribution in [0, 0.1) is 0 Å². The van der Waals surface area contributed by atoms with E-state index < -0.39 is 6.09 Å². The fourth-order valence-electron chi connectivity index (χ4n) is 0.0833. The molecule has 0 spiro atoms. The number of carbonyl (C=O) groups excluding carboxylic acids is 1. The summed E-state index contributed by atoms with van der Waals surface area (Å²) >= 11 is 0. The van der Waals surface area contributed by atoms with E-state index in [1.54, 1.807) is 5.32 Å². The fraction of sp³-hybridized carbons (Fsp3) is 0. The van der Waals surface area contributed by atoms with Crippen molar-refractivity contribution in [2.24, 2.45) is 0 Å². The number of hydrogen-bond donors (Lipinski definition) is 1. The molecule has 34 valence electrons. The Hall–Kier alpha value is 0.0100. The van der Waals surface area contributed by atoms with Crippen molar-refractivity contribution < 1.29 is 39.5 Å². The van der Waals surface area contributed by atoms with E-state index in [-0.39, 0.29) is 29.6 Å². The molecule has 0 saturated carbocycles. The molecule has 0 atom stereocenters. The molecule has 0 heterocycles. The maximum atomic E-state index is 9.31. The van der Waals surface area contributed by atoms with Crippen molar-refractivity contribution in [3.8, 4) is 0 Å². The van der Waals surface area contributed by atoms with E-state index in [2.05, 4.69) is 6.58 Å². The normalized spacial score (nSPS) is 5.71. The van der Waals surface area contributed by atoms with E-state index in [9.17, 15) is 9.90 Å². The van der Waals surface area contributed by atoms with Crippen molar-refractivity contribution in [3.63, 3.8) is 0 Å². The van der Waals surface area contributed by atoms with Gasteiger partial charge in [0.25, 0.3) is 0 Å². The Kier molecular flexibility index (Phi) is 8.66. The van der Waals surface area contributed by atoms with Crippen LogP contribution in [0.25, 0.3) is 0 Å². The predicted octanol–water partition coefficient (Wildman–Crippen LogP) is -3.93. The van der Waals surface area contributed by atoms with Gasteiger partial charge in [-0.2, -0.15) is 0 Å². The molecule has 0 aliphatic carbocycles. The first-order valence-corrected chi connectivity index (χ1v) is 1.36. The van der Waals surface area contributed by atoms with Crippen molar-refractivity contribution in [3.05, 3.63) is 12.8 Å². The zero-order valence-corrected chi connectivity index (χ0v) is 6.10. The van der Waals surface area contributed by atoms with Crippen molar-refractivity contribution in [2.75, 3.05) is 0 Å². The second-order valence-corrected chi connectivity index (χ2v) is 0.636. The summed E-state index contributed by atoms with van der Waals surface area (Å²) in [6.45, 7) is 3.07. The monoisotopic (exact) mass is 109 g/mol. The molecular weight excluding hydrogens is 105 g/mol. The Balaban J connectivity index is 0. The van der Waals surface area contributed by atoms with E-state index in [1.165, 1.54) is 0 Å². The largest absolute Gasteiger partial charge is 1.00 e. The van der Waals surface area contributed by atoms with Crippen LogP contribution in [0.2, 0.25) is 0 Å². The van der Waals surface area contributed by atoms with E-state index in [1.807, 2.05) is 0 Å². The molecule has 0 fully saturated rings. The van der Waals surface area contributed by atoms with Gasteiger partial charge in [0.15, 0.2) is 0 Å². The molecule has 7 heavy (non-hydrogen) atoms. The number of nitrogens with one attached hydrogen (secondary N) is 1. The van der Waals surface area contributed by atoms with E-state index in [4.69, 9.17) is 0 Å². The van der Waals surface area contributed by atoms with Crippen LogP contribution in [0.4, 0.5) is 4.79 Å². The van der Waals surface area contributed by atoms with E-state index in [0.29, 0.717) is 0 Å². The van der Waals surface area contributed by atoms with Gasteiger partial charge in [-0.3, -0.25) is 0 Å². The van der Waals surface area contributed by atoms with Crippen LogP contribution in [0.5, 0.6) is 0 Å². The molecule has 0 aliphatic rings. The Bertz CT molecular complexity index is 73.3. The van der Waals surface area contributed by atoms with Gasteiger partial charge in [-0.25, -0.2) is 0 Å². The first kappa shape index (κ1) is 10.1. The van der Waals surface area contributed by atoms with Crippen LogP contribution in [0.1, 0.15) is 0 Å². The molecule has 0 aromatic carbocycles. The van der Waals surface area contributed by atoms with Gasteiger partial charge in [-0.15, -0.1) is 0 Å². The van der Waals surface area contributed by atoms with Gasteiger partial charge in [0, 0.05) is 0 Å². The average molecular weight is 109 g/mol.